The van der Waals surface area contributed by atoms with Crippen molar-refractivity contribution in [2.24, 2.45) is 0 Å². The van der Waals surface area contributed by atoms with Crippen LogP contribution in [-0.2, 0) is 6.42 Å². The molecular weight excluding hydrogens is 294 g/mol. The minimum Gasteiger partial charge on any atom is -0.349 e. The third-order valence-electron chi connectivity index (χ3n) is 3.05. The zero-order valence-electron chi connectivity index (χ0n) is 13.3. The fraction of sp³-hybridized carbons (Fsp3) is 0.412. The van der Waals surface area contributed by atoms with Crippen LogP contribution < -0.4 is 10.6 Å². The van der Waals surface area contributed by atoms with Crippen molar-refractivity contribution in [2.45, 2.75) is 32.7 Å². The molecular formula is C17H23N3OS. The first-order valence-corrected chi connectivity index (χ1v) is 8.33. The lowest BCUT2D eigenvalue weighted by atomic mass is 10.1. The average molecular weight is 317 g/mol. The molecule has 4 nitrogen and oxygen atoms in total. The standard InChI is InChI=1S/C17H23N3OS/c1-17(2,3)19-10-9-18-16(21)14-12-22-15(20-14)11-13-7-5-4-6-8-13/h4-8,12,19H,9-11H2,1-3H3,(H,18,21). The van der Waals surface area contributed by atoms with Crippen LogP contribution in [0.2, 0.25) is 0 Å². The molecule has 0 aliphatic carbocycles. The van der Waals surface area contributed by atoms with E-state index in [9.17, 15) is 4.79 Å². The second-order valence-electron chi connectivity index (χ2n) is 6.22. The minimum atomic E-state index is -0.105. The number of hydrogen-bond acceptors (Lipinski definition) is 4. The monoisotopic (exact) mass is 317 g/mol. The smallest absolute Gasteiger partial charge is 0.270 e. The van der Waals surface area contributed by atoms with Gasteiger partial charge >= 0.3 is 0 Å². The Labute approximate surface area is 136 Å². The molecule has 118 valence electrons. The highest BCUT2D eigenvalue weighted by molar-refractivity contribution is 7.09. The van der Waals surface area contributed by atoms with E-state index >= 15 is 0 Å². The molecule has 0 fully saturated rings. The Morgan fingerprint density at radius 2 is 1.91 bits per heavy atom. The molecule has 1 heterocycles. The summed E-state index contributed by atoms with van der Waals surface area (Å²) in [4.78, 5) is 16.5. The third kappa shape index (κ3) is 5.58. The van der Waals surface area contributed by atoms with Gasteiger partial charge in [0.05, 0.1) is 5.01 Å². The maximum atomic E-state index is 12.0. The Bertz CT molecular complexity index is 602. The van der Waals surface area contributed by atoms with Crippen molar-refractivity contribution in [2.75, 3.05) is 13.1 Å². The third-order valence-corrected chi connectivity index (χ3v) is 3.90. The predicted octanol–water partition coefficient (Wildman–Crippen LogP) is 2.85. The first-order valence-electron chi connectivity index (χ1n) is 7.45. The number of rotatable bonds is 6. The van der Waals surface area contributed by atoms with Crippen LogP contribution in [0.15, 0.2) is 35.7 Å². The molecule has 2 rings (SSSR count). The minimum absolute atomic E-state index is 0.0637. The lowest BCUT2D eigenvalue weighted by Gasteiger charge is -2.20. The highest BCUT2D eigenvalue weighted by Gasteiger charge is 2.12. The molecule has 0 saturated heterocycles. The molecule has 2 aromatic rings. The SMILES string of the molecule is CC(C)(C)NCCNC(=O)c1csc(Cc2ccccc2)n1. The maximum Gasteiger partial charge on any atom is 0.270 e. The molecule has 0 unspecified atom stereocenters. The van der Waals surface area contributed by atoms with Crippen LogP contribution in [0, 0.1) is 0 Å². The second kappa shape index (κ2) is 7.51. The van der Waals surface area contributed by atoms with E-state index < -0.39 is 0 Å². The van der Waals surface area contributed by atoms with Crippen LogP contribution in [0.1, 0.15) is 41.8 Å². The molecule has 0 saturated carbocycles. The first-order chi connectivity index (χ1) is 10.4. The molecule has 1 amide bonds. The van der Waals surface area contributed by atoms with E-state index in [1.165, 1.54) is 16.9 Å². The van der Waals surface area contributed by atoms with Crippen LogP contribution in [0.3, 0.4) is 0 Å². The van der Waals surface area contributed by atoms with Gasteiger partial charge < -0.3 is 10.6 Å². The summed E-state index contributed by atoms with van der Waals surface area (Å²) < 4.78 is 0. The van der Waals surface area contributed by atoms with Gasteiger partial charge in [-0.15, -0.1) is 11.3 Å². The van der Waals surface area contributed by atoms with E-state index in [4.69, 9.17) is 0 Å². The molecule has 22 heavy (non-hydrogen) atoms. The van der Waals surface area contributed by atoms with E-state index in [0.29, 0.717) is 12.2 Å². The highest BCUT2D eigenvalue weighted by Crippen LogP contribution is 2.14. The van der Waals surface area contributed by atoms with E-state index in [1.807, 2.05) is 23.6 Å². The zero-order valence-corrected chi connectivity index (χ0v) is 14.2. The molecule has 5 heteroatoms. The predicted molar refractivity (Wildman–Crippen MR) is 91.5 cm³/mol. The molecule has 0 bridgehead atoms. The quantitative estimate of drug-likeness (QED) is 0.806. The fourth-order valence-corrected chi connectivity index (χ4v) is 2.78. The molecule has 0 atom stereocenters. The Kier molecular flexibility index (Phi) is 5.69. The van der Waals surface area contributed by atoms with Crippen LogP contribution in [0.4, 0.5) is 0 Å². The summed E-state index contributed by atoms with van der Waals surface area (Å²) in [7, 11) is 0. The fourth-order valence-electron chi connectivity index (χ4n) is 1.97. The van der Waals surface area contributed by atoms with Gasteiger partial charge in [0.1, 0.15) is 5.69 Å². The maximum absolute atomic E-state index is 12.0. The van der Waals surface area contributed by atoms with Crippen molar-refractivity contribution in [3.8, 4) is 0 Å². The number of carbonyl (C=O) groups is 1. The summed E-state index contributed by atoms with van der Waals surface area (Å²) in [5.41, 5.74) is 1.78. The van der Waals surface area contributed by atoms with Gasteiger partial charge in [0.2, 0.25) is 0 Å². The summed E-state index contributed by atoms with van der Waals surface area (Å²) in [6, 6.07) is 10.2. The molecule has 1 aromatic heterocycles. The molecule has 0 radical (unpaired) electrons. The average Bonchev–Trinajstić information content (AvgIpc) is 2.92. The number of amides is 1. The molecule has 2 N–H and O–H groups in total. The number of nitrogens with one attached hydrogen (secondary N) is 2. The topological polar surface area (TPSA) is 54.0 Å². The van der Waals surface area contributed by atoms with Gasteiger partial charge in [0.25, 0.3) is 5.91 Å². The van der Waals surface area contributed by atoms with Gasteiger partial charge in [-0.3, -0.25) is 4.79 Å². The van der Waals surface area contributed by atoms with E-state index in [1.54, 1.807) is 0 Å². The number of hydrogen-bond donors (Lipinski definition) is 2. The summed E-state index contributed by atoms with van der Waals surface area (Å²) in [5.74, 6) is -0.105. The van der Waals surface area contributed by atoms with E-state index in [0.717, 1.165) is 18.0 Å². The summed E-state index contributed by atoms with van der Waals surface area (Å²) in [6.45, 7) is 7.65. The summed E-state index contributed by atoms with van der Waals surface area (Å²) in [5, 5.41) is 9.01. The highest BCUT2D eigenvalue weighted by atomic mass is 32.1. The number of benzene rings is 1. The number of aromatic nitrogens is 1. The molecule has 0 spiro atoms. The normalized spacial score (nSPS) is 11.4. The number of thiazole rings is 1. The van der Waals surface area contributed by atoms with Crippen LogP contribution in [0.25, 0.3) is 0 Å². The molecule has 1 aromatic carbocycles. The van der Waals surface area contributed by atoms with Gasteiger partial charge in [-0.1, -0.05) is 30.3 Å². The zero-order chi connectivity index (χ0) is 16.0. The lowest BCUT2D eigenvalue weighted by Crippen LogP contribution is -2.41. The van der Waals surface area contributed by atoms with Gasteiger partial charge in [-0.05, 0) is 26.3 Å². The van der Waals surface area contributed by atoms with Crippen molar-refractivity contribution >= 4 is 17.2 Å². The van der Waals surface area contributed by atoms with Crippen LogP contribution in [-0.4, -0.2) is 29.5 Å². The Morgan fingerprint density at radius 1 is 1.18 bits per heavy atom. The van der Waals surface area contributed by atoms with Crippen molar-refractivity contribution in [3.63, 3.8) is 0 Å². The molecule has 0 aliphatic rings. The summed E-state index contributed by atoms with van der Waals surface area (Å²) in [6.07, 6.45) is 0.768. The largest absolute Gasteiger partial charge is 0.349 e. The number of nitrogens with zero attached hydrogens (tertiary/aromatic N) is 1. The van der Waals surface area contributed by atoms with E-state index in [-0.39, 0.29) is 11.4 Å². The van der Waals surface area contributed by atoms with Crippen LogP contribution in [0.5, 0.6) is 0 Å². The summed E-state index contributed by atoms with van der Waals surface area (Å²) >= 11 is 1.53. The van der Waals surface area contributed by atoms with Crippen LogP contribution >= 0.6 is 11.3 Å². The van der Waals surface area contributed by atoms with Gasteiger partial charge in [0.15, 0.2) is 0 Å². The van der Waals surface area contributed by atoms with Crippen molar-refractivity contribution < 1.29 is 4.79 Å². The first kappa shape index (κ1) is 16.6. The van der Waals surface area contributed by atoms with Gasteiger partial charge in [-0.25, -0.2) is 4.98 Å². The molecule has 0 aliphatic heterocycles. The second-order valence-corrected chi connectivity index (χ2v) is 7.16. The number of carbonyl (C=O) groups excluding carboxylic acids is 1. The van der Waals surface area contributed by atoms with Crippen molar-refractivity contribution in [1.82, 2.24) is 15.6 Å². The van der Waals surface area contributed by atoms with Crippen molar-refractivity contribution in [1.29, 1.82) is 0 Å². The Morgan fingerprint density at radius 3 is 2.59 bits per heavy atom. The van der Waals surface area contributed by atoms with Crippen molar-refractivity contribution in [3.05, 3.63) is 52.0 Å². The Balaban J connectivity index is 1.82. The van der Waals surface area contributed by atoms with E-state index in [2.05, 4.69) is 48.5 Å². The van der Waals surface area contributed by atoms with Gasteiger partial charge in [0, 0.05) is 30.4 Å². The van der Waals surface area contributed by atoms with Gasteiger partial charge in [-0.2, -0.15) is 0 Å². The Hall–Kier alpha value is -1.72. The lowest BCUT2D eigenvalue weighted by molar-refractivity contribution is 0.0948.